The van der Waals surface area contributed by atoms with Crippen LogP contribution in [0.4, 0.5) is 5.69 Å². The number of nitrogens with zero attached hydrogens (tertiary/aromatic N) is 1. The lowest BCUT2D eigenvalue weighted by Crippen LogP contribution is -2.07. The molecule has 1 heterocycles. The first-order valence-electron chi connectivity index (χ1n) is 8.07. The number of hydrogen-bond donors (Lipinski definition) is 1. The summed E-state index contributed by atoms with van der Waals surface area (Å²) < 4.78 is 5.39. The number of ether oxygens (including phenoxy) is 1. The molecule has 0 radical (unpaired) electrons. The highest BCUT2D eigenvalue weighted by atomic mass is 16.5. The smallest absolute Gasteiger partial charge is 0.119 e. The summed E-state index contributed by atoms with van der Waals surface area (Å²) in [6.07, 6.45) is 7.21. The number of aromatic nitrogens is 1. The maximum Gasteiger partial charge on any atom is 0.119 e. The van der Waals surface area contributed by atoms with Crippen LogP contribution in [0.25, 0.3) is 10.9 Å². The molecule has 112 valence electrons. The summed E-state index contributed by atoms with van der Waals surface area (Å²) in [5, 5.41) is 4.85. The lowest BCUT2D eigenvalue weighted by molar-refractivity contribution is 0.415. The molecule has 1 aliphatic rings. The van der Waals surface area contributed by atoms with E-state index in [9.17, 15) is 0 Å². The van der Waals surface area contributed by atoms with Gasteiger partial charge in [-0.1, -0.05) is 13.3 Å². The SMILES string of the molecule is CCCNc1c2c(nc3ccc(OC)cc13)CCCCC2. The first-order valence-corrected chi connectivity index (χ1v) is 8.07. The van der Waals surface area contributed by atoms with E-state index in [4.69, 9.17) is 9.72 Å². The molecule has 0 atom stereocenters. The first-order chi connectivity index (χ1) is 10.3. The average molecular weight is 284 g/mol. The van der Waals surface area contributed by atoms with Crippen molar-refractivity contribution >= 4 is 16.6 Å². The van der Waals surface area contributed by atoms with Crippen LogP contribution in [-0.4, -0.2) is 18.6 Å². The normalized spacial score (nSPS) is 14.6. The van der Waals surface area contributed by atoms with Gasteiger partial charge in [0.2, 0.25) is 0 Å². The van der Waals surface area contributed by atoms with E-state index in [0.717, 1.165) is 37.1 Å². The van der Waals surface area contributed by atoms with E-state index in [1.807, 2.05) is 6.07 Å². The number of benzene rings is 1. The van der Waals surface area contributed by atoms with Crippen molar-refractivity contribution in [1.29, 1.82) is 0 Å². The standard InChI is InChI=1S/C18H24N2O/c1-3-11-19-18-14-7-5-4-6-8-16(14)20-17-10-9-13(21-2)12-15(17)18/h9-10,12H,3-8,11H2,1-2H3,(H,19,20). The van der Waals surface area contributed by atoms with Gasteiger partial charge in [-0.05, 0) is 55.9 Å². The van der Waals surface area contributed by atoms with Gasteiger partial charge in [0, 0.05) is 23.3 Å². The van der Waals surface area contributed by atoms with Crippen LogP contribution in [0.2, 0.25) is 0 Å². The van der Waals surface area contributed by atoms with Gasteiger partial charge in [0.25, 0.3) is 0 Å². The summed E-state index contributed by atoms with van der Waals surface area (Å²) in [7, 11) is 1.72. The van der Waals surface area contributed by atoms with Crippen LogP contribution < -0.4 is 10.1 Å². The van der Waals surface area contributed by atoms with Crippen molar-refractivity contribution < 1.29 is 4.74 Å². The van der Waals surface area contributed by atoms with Crippen molar-refractivity contribution in [3.05, 3.63) is 29.5 Å². The molecule has 0 saturated carbocycles. The fraction of sp³-hybridized carbons (Fsp3) is 0.500. The number of hydrogen-bond acceptors (Lipinski definition) is 3. The molecule has 0 bridgehead atoms. The monoisotopic (exact) mass is 284 g/mol. The van der Waals surface area contributed by atoms with E-state index >= 15 is 0 Å². The van der Waals surface area contributed by atoms with Gasteiger partial charge in [0.15, 0.2) is 0 Å². The van der Waals surface area contributed by atoms with Crippen LogP contribution in [0, 0.1) is 0 Å². The van der Waals surface area contributed by atoms with Crippen molar-refractivity contribution in [1.82, 2.24) is 4.98 Å². The second kappa shape index (κ2) is 6.33. The van der Waals surface area contributed by atoms with Gasteiger partial charge < -0.3 is 10.1 Å². The summed E-state index contributed by atoms with van der Waals surface area (Å²) in [6.45, 7) is 3.21. The van der Waals surface area contributed by atoms with Crippen LogP contribution in [-0.2, 0) is 12.8 Å². The quantitative estimate of drug-likeness (QED) is 0.848. The highest BCUT2D eigenvalue weighted by molar-refractivity contribution is 5.94. The van der Waals surface area contributed by atoms with Crippen molar-refractivity contribution in [2.45, 2.75) is 45.4 Å². The highest BCUT2D eigenvalue weighted by Gasteiger charge is 2.17. The minimum Gasteiger partial charge on any atom is -0.497 e. The summed E-state index contributed by atoms with van der Waals surface area (Å²) in [5.74, 6) is 0.900. The van der Waals surface area contributed by atoms with Crippen LogP contribution in [0.15, 0.2) is 18.2 Å². The fourth-order valence-corrected chi connectivity index (χ4v) is 3.16. The van der Waals surface area contributed by atoms with Gasteiger partial charge in [-0.25, -0.2) is 0 Å². The number of pyridine rings is 1. The third-order valence-corrected chi connectivity index (χ3v) is 4.27. The molecule has 1 aromatic heterocycles. The van der Waals surface area contributed by atoms with E-state index in [1.54, 1.807) is 7.11 Å². The molecular formula is C18H24N2O. The number of methoxy groups -OCH3 is 1. The van der Waals surface area contributed by atoms with Crippen LogP contribution in [0.3, 0.4) is 0 Å². The summed E-state index contributed by atoms with van der Waals surface area (Å²) in [5.41, 5.74) is 5.10. The lowest BCUT2D eigenvalue weighted by Gasteiger charge is -2.17. The zero-order valence-electron chi connectivity index (χ0n) is 13.0. The Morgan fingerprint density at radius 3 is 2.86 bits per heavy atom. The molecule has 3 heteroatoms. The second-order valence-electron chi connectivity index (χ2n) is 5.78. The summed E-state index contributed by atoms with van der Waals surface area (Å²) in [6, 6.07) is 6.20. The number of nitrogens with one attached hydrogen (secondary N) is 1. The Morgan fingerprint density at radius 2 is 2.05 bits per heavy atom. The predicted octanol–water partition coefficient (Wildman–Crippen LogP) is 4.33. The Bertz CT molecular complexity index is 637. The molecule has 0 amide bonds. The topological polar surface area (TPSA) is 34.2 Å². The number of fused-ring (bicyclic) bond motifs is 2. The number of anilines is 1. The van der Waals surface area contributed by atoms with Gasteiger partial charge >= 0.3 is 0 Å². The molecule has 0 aliphatic heterocycles. The summed E-state index contributed by atoms with van der Waals surface area (Å²) >= 11 is 0. The number of rotatable bonds is 4. The average Bonchev–Trinajstić information content (AvgIpc) is 2.76. The molecule has 0 spiro atoms. The van der Waals surface area contributed by atoms with Crippen LogP contribution >= 0.6 is 0 Å². The third kappa shape index (κ3) is 2.82. The highest BCUT2D eigenvalue weighted by Crippen LogP contribution is 2.34. The minimum absolute atomic E-state index is 0.900. The molecule has 1 aromatic carbocycles. The fourth-order valence-electron chi connectivity index (χ4n) is 3.16. The maximum atomic E-state index is 5.39. The molecule has 0 unspecified atom stereocenters. The molecule has 2 aromatic rings. The largest absolute Gasteiger partial charge is 0.497 e. The zero-order valence-corrected chi connectivity index (χ0v) is 13.0. The molecule has 1 N–H and O–H groups in total. The lowest BCUT2D eigenvalue weighted by atomic mass is 10.0. The summed E-state index contributed by atoms with van der Waals surface area (Å²) in [4.78, 5) is 4.92. The zero-order chi connectivity index (χ0) is 14.7. The Morgan fingerprint density at radius 1 is 1.19 bits per heavy atom. The third-order valence-electron chi connectivity index (χ3n) is 4.27. The van der Waals surface area contributed by atoms with Crippen molar-refractivity contribution in [2.24, 2.45) is 0 Å². The Labute approximate surface area is 126 Å². The van der Waals surface area contributed by atoms with E-state index in [0.29, 0.717) is 0 Å². The molecule has 3 rings (SSSR count). The second-order valence-corrected chi connectivity index (χ2v) is 5.78. The predicted molar refractivity (Wildman–Crippen MR) is 88.3 cm³/mol. The number of aryl methyl sites for hydroxylation is 1. The maximum absolute atomic E-state index is 5.39. The van der Waals surface area contributed by atoms with E-state index in [2.05, 4.69) is 24.4 Å². The Hall–Kier alpha value is -1.77. The van der Waals surface area contributed by atoms with Gasteiger partial charge in [0.1, 0.15) is 5.75 Å². The van der Waals surface area contributed by atoms with Gasteiger partial charge in [-0.3, -0.25) is 4.98 Å². The molecule has 3 nitrogen and oxygen atoms in total. The minimum atomic E-state index is 0.900. The molecule has 21 heavy (non-hydrogen) atoms. The van der Waals surface area contributed by atoms with Gasteiger partial charge in [-0.2, -0.15) is 0 Å². The van der Waals surface area contributed by atoms with Gasteiger partial charge in [0.05, 0.1) is 12.6 Å². The van der Waals surface area contributed by atoms with Gasteiger partial charge in [-0.15, -0.1) is 0 Å². The first kappa shape index (κ1) is 14.2. The van der Waals surface area contributed by atoms with E-state index in [-0.39, 0.29) is 0 Å². The van der Waals surface area contributed by atoms with Crippen LogP contribution in [0.1, 0.15) is 43.9 Å². The van der Waals surface area contributed by atoms with Crippen LogP contribution in [0.5, 0.6) is 5.75 Å². The molecule has 1 aliphatic carbocycles. The van der Waals surface area contributed by atoms with Crippen molar-refractivity contribution in [3.8, 4) is 5.75 Å². The van der Waals surface area contributed by atoms with Crippen molar-refractivity contribution in [2.75, 3.05) is 19.0 Å². The molecule has 0 fully saturated rings. The Kier molecular flexibility index (Phi) is 4.28. The van der Waals surface area contributed by atoms with E-state index in [1.165, 1.54) is 41.6 Å². The molecule has 0 saturated heterocycles. The Balaban J connectivity index is 2.19. The van der Waals surface area contributed by atoms with E-state index < -0.39 is 0 Å². The molecular weight excluding hydrogens is 260 g/mol. The van der Waals surface area contributed by atoms with Crippen molar-refractivity contribution in [3.63, 3.8) is 0 Å².